The molecule has 0 unspecified atom stereocenters. The van der Waals surface area contributed by atoms with Crippen molar-refractivity contribution in [2.75, 3.05) is 43.1 Å². The number of nitrogens with zero attached hydrogens (tertiary/aromatic N) is 3. The molecule has 0 radical (unpaired) electrons. The smallest absolute Gasteiger partial charge is 0.264 e. The van der Waals surface area contributed by atoms with Crippen LogP contribution in [0.1, 0.15) is 12.8 Å². The van der Waals surface area contributed by atoms with Gasteiger partial charge in [-0.3, -0.25) is 9.78 Å². The van der Waals surface area contributed by atoms with Crippen molar-refractivity contribution < 1.29 is 4.74 Å². The van der Waals surface area contributed by atoms with Crippen LogP contribution in [-0.4, -0.2) is 59.9 Å². The molecule has 8 nitrogen and oxygen atoms in total. The van der Waals surface area contributed by atoms with Crippen molar-refractivity contribution >= 4 is 33.3 Å². The Balaban J connectivity index is 1.44. The minimum absolute atomic E-state index is 0.149. The lowest BCUT2D eigenvalue weighted by Crippen LogP contribution is -2.42. The van der Waals surface area contributed by atoms with Crippen LogP contribution in [0, 0.1) is 5.92 Å². The van der Waals surface area contributed by atoms with Crippen LogP contribution in [0.2, 0.25) is 0 Å². The van der Waals surface area contributed by atoms with E-state index in [2.05, 4.69) is 20.5 Å². The van der Waals surface area contributed by atoms with E-state index < -0.39 is 0 Å². The number of thiazole rings is 1. The molecule has 4 heterocycles. The molecule has 0 spiro atoms. The first-order valence-electron chi connectivity index (χ1n) is 10.6. The highest BCUT2D eigenvalue weighted by Crippen LogP contribution is 2.36. The molecule has 2 saturated heterocycles. The molecule has 1 aliphatic carbocycles. The summed E-state index contributed by atoms with van der Waals surface area (Å²) in [6.45, 7) is 3.82. The molecular formula is C21H24N6O2S. The average Bonchev–Trinajstić information content (AvgIpc) is 3.49. The lowest BCUT2D eigenvalue weighted by Gasteiger charge is -2.29. The van der Waals surface area contributed by atoms with Crippen LogP contribution in [-0.2, 0) is 4.74 Å². The number of hydrogen-bond acceptors (Lipinski definition) is 8. The van der Waals surface area contributed by atoms with Gasteiger partial charge in [-0.25, -0.2) is 4.98 Å². The Morgan fingerprint density at radius 1 is 1.17 bits per heavy atom. The maximum Gasteiger partial charge on any atom is 0.264 e. The van der Waals surface area contributed by atoms with Gasteiger partial charge in [0.1, 0.15) is 16.4 Å². The van der Waals surface area contributed by atoms with Crippen molar-refractivity contribution in [1.29, 1.82) is 0 Å². The molecule has 3 N–H and O–H groups in total. The number of ether oxygens (including phenoxy) is 1. The Hall–Kier alpha value is -2.49. The largest absolute Gasteiger partial charge is 0.378 e. The van der Waals surface area contributed by atoms with Crippen molar-refractivity contribution in [2.45, 2.75) is 24.9 Å². The number of fused-ring (bicyclic) bond motifs is 3. The Bertz CT molecular complexity index is 1100. The number of morpholine rings is 1. The van der Waals surface area contributed by atoms with Crippen LogP contribution in [0.3, 0.4) is 0 Å². The molecule has 6 rings (SSSR count). The Morgan fingerprint density at radius 3 is 2.80 bits per heavy atom. The minimum atomic E-state index is -0.149. The second kappa shape index (κ2) is 7.33. The lowest BCUT2D eigenvalue weighted by molar-refractivity contribution is 0.122. The molecule has 2 aromatic heterocycles. The molecule has 30 heavy (non-hydrogen) atoms. The fraction of sp³-hybridized carbons (Fsp3) is 0.476. The third-order valence-electron chi connectivity index (χ3n) is 6.38. The number of benzene rings is 1. The topological polar surface area (TPSA) is 95.2 Å². The van der Waals surface area contributed by atoms with Crippen molar-refractivity contribution in [3.8, 4) is 10.6 Å². The zero-order chi connectivity index (χ0) is 20.1. The number of piperidine rings is 1. The summed E-state index contributed by atoms with van der Waals surface area (Å²) in [5, 5.41) is 7.91. The van der Waals surface area contributed by atoms with E-state index in [9.17, 15) is 4.79 Å². The summed E-state index contributed by atoms with van der Waals surface area (Å²) in [5.41, 5.74) is 1.29. The van der Waals surface area contributed by atoms with Crippen LogP contribution in [0.25, 0.3) is 20.8 Å². The van der Waals surface area contributed by atoms with Crippen molar-refractivity contribution in [1.82, 2.24) is 20.3 Å². The predicted octanol–water partition coefficient (Wildman–Crippen LogP) is 2.05. The van der Waals surface area contributed by atoms with Crippen molar-refractivity contribution in [2.24, 2.45) is 5.92 Å². The first kappa shape index (κ1) is 18.3. The van der Waals surface area contributed by atoms with E-state index in [1.165, 1.54) is 17.8 Å². The molecule has 3 fully saturated rings. The van der Waals surface area contributed by atoms with Gasteiger partial charge in [0, 0.05) is 25.2 Å². The van der Waals surface area contributed by atoms with Crippen LogP contribution in [0.15, 0.2) is 29.1 Å². The highest BCUT2D eigenvalue weighted by Gasteiger charge is 2.40. The maximum atomic E-state index is 13.3. The van der Waals surface area contributed by atoms with E-state index >= 15 is 0 Å². The molecule has 0 amide bonds. The minimum Gasteiger partial charge on any atom is -0.378 e. The number of anilines is 2. The van der Waals surface area contributed by atoms with Crippen LogP contribution in [0.4, 0.5) is 11.8 Å². The summed E-state index contributed by atoms with van der Waals surface area (Å²) in [6, 6.07) is 8.69. The summed E-state index contributed by atoms with van der Waals surface area (Å²) >= 11 is 1.53. The molecule has 3 atom stereocenters. The first-order valence-corrected chi connectivity index (χ1v) is 11.4. The van der Waals surface area contributed by atoms with Crippen LogP contribution >= 0.6 is 11.3 Å². The molecule has 1 saturated carbocycles. The second-order valence-corrected chi connectivity index (χ2v) is 9.33. The molecule has 1 aromatic carbocycles. The molecular weight excluding hydrogens is 400 g/mol. The second-order valence-electron chi connectivity index (χ2n) is 8.30. The molecule has 3 aromatic rings. The van der Waals surface area contributed by atoms with E-state index in [4.69, 9.17) is 14.7 Å². The molecule has 2 bridgehead atoms. The highest BCUT2D eigenvalue weighted by atomic mass is 32.1. The van der Waals surface area contributed by atoms with Gasteiger partial charge in [0.2, 0.25) is 5.95 Å². The van der Waals surface area contributed by atoms with Crippen molar-refractivity contribution in [3.63, 3.8) is 0 Å². The zero-order valence-electron chi connectivity index (χ0n) is 16.6. The normalized spacial score (nSPS) is 25.9. The van der Waals surface area contributed by atoms with Gasteiger partial charge in [-0.1, -0.05) is 12.1 Å². The molecule has 9 heteroatoms. The Kier molecular flexibility index (Phi) is 4.47. The highest BCUT2D eigenvalue weighted by molar-refractivity contribution is 7.21. The molecule has 156 valence electrons. The lowest BCUT2D eigenvalue weighted by atomic mass is 10.1. The molecule has 3 aliphatic rings. The Morgan fingerprint density at radius 2 is 2.03 bits per heavy atom. The van der Waals surface area contributed by atoms with E-state index in [1.54, 1.807) is 0 Å². The van der Waals surface area contributed by atoms with Gasteiger partial charge < -0.3 is 20.3 Å². The van der Waals surface area contributed by atoms with Gasteiger partial charge in [-0.15, -0.1) is 11.3 Å². The summed E-state index contributed by atoms with van der Waals surface area (Å²) in [4.78, 5) is 28.0. The van der Waals surface area contributed by atoms with E-state index in [0.717, 1.165) is 36.3 Å². The quantitative estimate of drug-likeness (QED) is 0.590. The third kappa shape index (κ3) is 3.17. The van der Waals surface area contributed by atoms with Gasteiger partial charge in [-0.2, -0.15) is 4.98 Å². The van der Waals surface area contributed by atoms with Crippen LogP contribution < -0.4 is 21.1 Å². The summed E-state index contributed by atoms with van der Waals surface area (Å²) in [5.74, 6) is 1.95. The third-order valence-corrected chi connectivity index (χ3v) is 7.43. The van der Waals surface area contributed by atoms with Gasteiger partial charge >= 0.3 is 0 Å². The number of aromatic amines is 1. The number of nitrogens with one attached hydrogen (secondary N) is 3. The number of para-hydroxylation sites is 1. The number of H-pyrrole nitrogens is 1. The number of rotatable bonds is 4. The van der Waals surface area contributed by atoms with Crippen LogP contribution in [0.5, 0.6) is 0 Å². The first-order chi connectivity index (χ1) is 14.7. The average molecular weight is 425 g/mol. The van der Waals surface area contributed by atoms with Gasteiger partial charge in [0.05, 0.1) is 23.4 Å². The van der Waals surface area contributed by atoms with E-state index in [0.29, 0.717) is 47.5 Å². The fourth-order valence-electron chi connectivity index (χ4n) is 4.86. The summed E-state index contributed by atoms with van der Waals surface area (Å²) in [7, 11) is 0. The standard InChI is InChI=1S/C21H24N6O2S/c28-19-17(20-24-13-3-1-2-4-16(13)30-20)18(23-15-10-12-9-14(15)22-11-12)25-21(26-19)27-5-7-29-8-6-27/h1-4,12,14-15,22H,5-11H2,(H2,23,25,26,28)/t12-,14+,15+/m0/s1. The van der Waals surface area contributed by atoms with Gasteiger partial charge in [0.15, 0.2) is 0 Å². The predicted molar refractivity (Wildman–Crippen MR) is 118 cm³/mol. The monoisotopic (exact) mass is 424 g/mol. The van der Waals surface area contributed by atoms with Crippen molar-refractivity contribution in [3.05, 3.63) is 34.6 Å². The summed E-state index contributed by atoms with van der Waals surface area (Å²) < 4.78 is 6.52. The fourth-order valence-corrected chi connectivity index (χ4v) is 5.87. The van der Waals surface area contributed by atoms with Gasteiger partial charge in [0.25, 0.3) is 5.56 Å². The number of aromatic nitrogens is 3. The SMILES string of the molecule is O=c1[nH]c(N2CCOCC2)nc(N[C@@H]2C[C@H]3CN[C@@H]2C3)c1-c1nc2ccccc2s1. The zero-order valence-corrected chi connectivity index (χ0v) is 17.4. The van der Waals surface area contributed by atoms with E-state index in [1.807, 2.05) is 24.3 Å². The summed E-state index contributed by atoms with van der Waals surface area (Å²) in [6.07, 6.45) is 2.30. The molecule has 2 aliphatic heterocycles. The maximum absolute atomic E-state index is 13.3. The van der Waals surface area contributed by atoms with E-state index in [-0.39, 0.29) is 11.6 Å². The number of hydrogen-bond donors (Lipinski definition) is 3. The van der Waals surface area contributed by atoms with Gasteiger partial charge in [-0.05, 0) is 37.4 Å². The Labute approximate surface area is 177 Å².